The summed E-state index contributed by atoms with van der Waals surface area (Å²) in [6.45, 7) is 0. The number of ether oxygens (including phenoxy) is 1. The first-order chi connectivity index (χ1) is 7.11. The molecule has 0 aliphatic heterocycles. The summed E-state index contributed by atoms with van der Waals surface area (Å²) >= 11 is -2.28. The third-order valence-corrected chi connectivity index (χ3v) is 2.30. The number of anilines is 1. The second-order valence-electron chi connectivity index (χ2n) is 3.01. The van der Waals surface area contributed by atoms with Crippen molar-refractivity contribution in [3.63, 3.8) is 0 Å². The van der Waals surface area contributed by atoms with Gasteiger partial charge in [0.15, 0.2) is 0 Å². The Morgan fingerprint density at radius 2 is 2.13 bits per heavy atom. The monoisotopic (exact) mass is 229 g/mol. The van der Waals surface area contributed by atoms with Crippen LogP contribution in [0.5, 0.6) is 0 Å². The molecule has 3 N–H and O–H groups in total. The van der Waals surface area contributed by atoms with Crippen LogP contribution in [0.1, 0.15) is 5.56 Å². The minimum atomic E-state index is -2.28. The van der Waals surface area contributed by atoms with Crippen molar-refractivity contribution in [1.82, 2.24) is 0 Å². The van der Waals surface area contributed by atoms with E-state index in [1.165, 1.54) is 0 Å². The molecule has 0 radical (unpaired) electrons. The van der Waals surface area contributed by atoms with Crippen LogP contribution in [-0.2, 0) is 22.4 Å². The van der Waals surface area contributed by atoms with Crippen LogP contribution in [0.3, 0.4) is 0 Å². The van der Waals surface area contributed by atoms with E-state index in [0.717, 1.165) is 5.56 Å². The SMILES string of the molecule is COC(N)Cc1ccc(NS(=O)[O-])cc1. The average Bonchev–Trinajstić information content (AvgIpc) is 2.20. The number of hydrogen-bond acceptors (Lipinski definition) is 4. The highest BCUT2D eigenvalue weighted by atomic mass is 32.2. The fourth-order valence-electron chi connectivity index (χ4n) is 1.12. The highest BCUT2D eigenvalue weighted by molar-refractivity contribution is 7.80. The fraction of sp³-hybridized carbons (Fsp3) is 0.333. The molecule has 0 saturated heterocycles. The molecule has 2 unspecified atom stereocenters. The van der Waals surface area contributed by atoms with Gasteiger partial charge < -0.3 is 19.7 Å². The first kappa shape index (κ1) is 12.1. The highest BCUT2D eigenvalue weighted by Crippen LogP contribution is 2.11. The van der Waals surface area contributed by atoms with Gasteiger partial charge in [-0.15, -0.1) is 0 Å². The maximum absolute atomic E-state index is 10.3. The van der Waals surface area contributed by atoms with Gasteiger partial charge >= 0.3 is 0 Å². The largest absolute Gasteiger partial charge is 0.755 e. The van der Waals surface area contributed by atoms with E-state index in [1.807, 2.05) is 0 Å². The Balaban J connectivity index is 2.60. The van der Waals surface area contributed by atoms with Crippen LogP contribution >= 0.6 is 0 Å². The zero-order valence-corrected chi connectivity index (χ0v) is 9.12. The molecular weight excluding hydrogens is 216 g/mol. The van der Waals surface area contributed by atoms with Crippen LogP contribution in [0, 0.1) is 0 Å². The number of benzene rings is 1. The van der Waals surface area contributed by atoms with Gasteiger partial charge in [-0.2, -0.15) is 0 Å². The van der Waals surface area contributed by atoms with Crippen LogP contribution in [0.25, 0.3) is 0 Å². The lowest BCUT2D eigenvalue weighted by Crippen LogP contribution is -2.24. The van der Waals surface area contributed by atoms with E-state index in [2.05, 4.69) is 4.72 Å². The fourth-order valence-corrected chi connectivity index (χ4v) is 1.45. The van der Waals surface area contributed by atoms with Gasteiger partial charge in [0.25, 0.3) is 0 Å². The van der Waals surface area contributed by atoms with Crippen LogP contribution in [0.2, 0.25) is 0 Å². The zero-order chi connectivity index (χ0) is 11.3. The molecule has 84 valence electrons. The minimum absolute atomic E-state index is 0.336. The predicted molar refractivity (Wildman–Crippen MR) is 57.7 cm³/mol. The minimum Gasteiger partial charge on any atom is -0.755 e. The van der Waals surface area contributed by atoms with Crippen molar-refractivity contribution in [3.8, 4) is 0 Å². The molecule has 1 rings (SSSR count). The molecule has 0 spiro atoms. The quantitative estimate of drug-likeness (QED) is 0.564. The lowest BCUT2D eigenvalue weighted by Gasteiger charge is -2.11. The maximum Gasteiger partial charge on any atom is 0.109 e. The van der Waals surface area contributed by atoms with E-state index >= 15 is 0 Å². The average molecular weight is 229 g/mol. The van der Waals surface area contributed by atoms with Gasteiger partial charge in [-0.05, 0) is 17.7 Å². The van der Waals surface area contributed by atoms with E-state index in [-0.39, 0.29) is 6.23 Å². The second kappa shape index (κ2) is 5.82. The van der Waals surface area contributed by atoms with E-state index in [1.54, 1.807) is 31.4 Å². The van der Waals surface area contributed by atoms with Crippen LogP contribution in [0.4, 0.5) is 5.69 Å². The van der Waals surface area contributed by atoms with Crippen LogP contribution < -0.4 is 10.5 Å². The van der Waals surface area contributed by atoms with Crippen molar-refractivity contribution < 1.29 is 13.5 Å². The summed E-state index contributed by atoms with van der Waals surface area (Å²) in [5.74, 6) is 0. The molecule has 6 heteroatoms. The van der Waals surface area contributed by atoms with Gasteiger partial charge in [0.05, 0.1) is 0 Å². The molecule has 0 amide bonds. The molecular formula is C9H13N2O3S-. The van der Waals surface area contributed by atoms with Gasteiger partial charge in [-0.1, -0.05) is 12.1 Å². The van der Waals surface area contributed by atoms with Crippen LogP contribution in [0.15, 0.2) is 24.3 Å². The Kier molecular flexibility index (Phi) is 4.70. The standard InChI is InChI=1S/C9H14N2O3S/c1-14-9(10)6-7-2-4-8(5-3-7)11-15(12)13/h2-5,9,11H,6,10H2,1H3,(H,12,13)/p-1. The Bertz CT molecular complexity index is 329. The summed E-state index contributed by atoms with van der Waals surface area (Å²) in [7, 11) is 1.54. The molecule has 0 aromatic heterocycles. The topological polar surface area (TPSA) is 87.4 Å². The number of nitrogens with one attached hydrogen (secondary N) is 1. The van der Waals surface area contributed by atoms with Gasteiger partial charge in [0.2, 0.25) is 0 Å². The number of nitrogens with two attached hydrogens (primary N) is 1. The van der Waals surface area contributed by atoms with E-state index < -0.39 is 11.3 Å². The van der Waals surface area contributed by atoms with Gasteiger partial charge in [-0.3, -0.25) is 4.21 Å². The molecule has 5 nitrogen and oxygen atoms in total. The summed E-state index contributed by atoms with van der Waals surface area (Å²) in [4.78, 5) is 0. The molecule has 0 aliphatic rings. The first-order valence-electron chi connectivity index (χ1n) is 4.35. The smallest absolute Gasteiger partial charge is 0.109 e. The van der Waals surface area contributed by atoms with Crippen molar-refractivity contribution in [2.75, 3.05) is 11.8 Å². The Hall–Kier alpha value is -0.950. The second-order valence-corrected chi connectivity index (χ2v) is 3.69. The molecule has 15 heavy (non-hydrogen) atoms. The number of rotatable bonds is 5. The third-order valence-electron chi connectivity index (χ3n) is 1.89. The van der Waals surface area contributed by atoms with Crippen molar-refractivity contribution in [1.29, 1.82) is 0 Å². The Morgan fingerprint density at radius 3 is 2.60 bits per heavy atom. The van der Waals surface area contributed by atoms with E-state index in [4.69, 9.17) is 10.5 Å². The van der Waals surface area contributed by atoms with E-state index in [0.29, 0.717) is 12.1 Å². The van der Waals surface area contributed by atoms with Gasteiger partial charge in [-0.25, -0.2) is 0 Å². The van der Waals surface area contributed by atoms with Crippen molar-refractivity contribution in [2.45, 2.75) is 12.6 Å². The molecule has 0 bridgehead atoms. The summed E-state index contributed by atoms with van der Waals surface area (Å²) in [6.07, 6.45) is 0.259. The highest BCUT2D eigenvalue weighted by Gasteiger charge is 2.01. The van der Waals surface area contributed by atoms with E-state index in [9.17, 15) is 8.76 Å². The Labute approximate surface area is 91.0 Å². The Morgan fingerprint density at radius 1 is 1.53 bits per heavy atom. The van der Waals surface area contributed by atoms with Crippen molar-refractivity contribution >= 4 is 17.0 Å². The summed E-state index contributed by atoms with van der Waals surface area (Å²) in [5.41, 5.74) is 7.11. The van der Waals surface area contributed by atoms with Gasteiger partial charge in [0.1, 0.15) is 6.23 Å². The zero-order valence-electron chi connectivity index (χ0n) is 8.30. The molecule has 0 heterocycles. The normalized spacial score (nSPS) is 14.6. The van der Waals surface area contributed by atoms with Gasteiger partial charge in [0, 0.05) is 30.5 Å². The van der Waals surface area contributed by atoms with Crippen molar-refractivity contribution in [3.05, 3.63) is 29.8 Å². The molecule has 1 aromatic carbocycles. The number of methoxy groups -OCH3 is 1. The third kappa shape index (κ3) is 4.39. The number of hydrogen-bond donors (Lipinski definition) is 2. The predicted octanol–water partition coefficient (Wildman–Crippen LogP) is 0.366. The molecule has 1 aromatic rings. The lowest BCUT2D eigenvalue weighted by molar-refractivity contribution is 0.109. The van der Waals surface area contributed by atoms with Crippen LogP contribution in [-0.4, -0.2) is 22.1 Å². The molecule has 2 atom stereocenters. The lowest BCUT2D eigenvalue weighted by atomic mass is 10.1. The molecule has 0 saturated carbocycles. The summed E-state index contributed by atoms with van der Waals surface area (Å²) in [5, 5.41) is 0. The van der Waals surface area contributed by atoms with Crippen molar-refractivity contribution in [2.24, 2.45) is 5.73 Å². The first-order valence-corrected chi connectivity index (χ1v) is 5.42. The molecule has 0 fully saturated rings. The summed E-state index contributed by atoms with van der Waals surface area (Å²) < 4.78 is 27.8. The maximum atomic E-state index is 10.3. The molecule has 0 aliphatic carbocycles. The summed E-state index contributed by atoms with van der Waals surface area (Å²) in [6, 6.07) is 6.95.